The van der Waals surface area contributed by atoms with Gasteiger partial charge in [0, 0.05) is 7.11 Å². The Morgan fingerprint density at radius 2 is 1.86 bits per heavy atom. The molecule has 0 N–H and O–H groups in total. The Morgan fingerprint density at radius 3 is 2.45 bits per heavy atom. The Kier molecular flexibility index (Phi) is 10.6. The Hall–Kier alpha value is 0.0695. The molecule has 0 spiro atoms. The molecule has 0 aromatic heterocycles. The van der Waals surface area contributed by atoms with Crippen molar-refractivity contribution in [3.8, 4) is 0 Å². The normalized spacial score (nSPS) is 29.5. The minimum Gasteiger partial charge on any atom is -0.382 e. The van der Waals surface area contributed by atoms with E-state index in [0.717, 1.165) is 18.6 Å². The summed E-state index contributed by atoms with van der Waals surface area (Å²) >= 11 is 0. The van der Waals surface area contributed by atoms with Gasteiger partial charge in [-0.2, -0.15) is 0 Å². The number of hydrogen-bond donors (Lipinski definition) is 0. The summed E-state index contributed by atoms with van der Waals surface area (Å²) in [7, 11) is 1.65. The van der Waals surface area contributed by atoms with Gasteiger partial charge in [-0.15, -0.1) is 0 Å². The van der Waals surface area contributed by atoms with Crippen LogP contribution in [0.3, 0.4) is 0 Å². The van der Waals surface area contributed by atoms with Gasteiger partial charge in [-0.25, -0.2) is 0 Å². The minimum atomic E-state index is -0.441. The number of hydrogen-bond acceptors (Lipinski definition) is 4. The molecule has 3 rings (SSSR count). The van der Waals surface area contributed by atoms with Crippen LogP contribution in [0.4, 0.5) is 0 Å². The van der Waals surface area contributed by atoms with Crippen LogP contribution in [-0.4, -0.2) is 39.0 Å². The van der Waals surface area contributed by atoms with Crippen molar-refractivity contribution in [2.45, 2.75) is 18.8 Å². The molecule has 2 aliphatic carbocycles. The molecule has 3 fully saturated rings. The zero-order valence-corrected chi connectivity index (χ0v) is 13.6. The van der Waals surface area contributed by atoms with E-state index in [0.29, 0.717) is 19.1 Å². The molecular weight excluding hydrogens is 324 g/mol. The number of carbonyl (C=O) groups is 1. The summed E-state index contributed by atoms with van der Waals surface area (Å²) in [6, 6.07) is 0. The second-order valence-corrected chi connectivity index (χ2v) is 4.72. The first-order chi connectivity index (χ1) is 10.3. The molecule has 22 heavy (non-hydrogen) atoms. The molecule has 0 aromatic rings. The maximum atomic E-state index is 10.8. The van der Waals surface area contributed by atoms with Crippen LogP contribution in [0.25, 0.3) is 0 Å². The third-order valence-electron chi connectivity index (χ3n) is 3.20. The fraction of sp³-hybridized carbons (Fsp3) is 0.353. The average Bonchev–Trinajstić information content (AvgIpc) is 3.22. The van der Waals surface area contributed by atoms with Crippen LogP contribution < -0.4 is 0 Å². The summed E-state index contributed by atoms with van der Waals surface area (Å²) < 4.78 is 16.3. The summed E-state index contributed by atoms with van der Waals surface area (Å²) in [5.74, 6) is 1.43. The van der Waals surface area contributed by atoms with E-state index in [-0.39, 0.29) is 23.2 Å². The van der Waals surface area contributed by atoms with Crippen LogP contribution in [0.15, 0.2) is 0 Å². The number of aldehydes is 1. The van der Waals surface area contributed by atoms with Crippen LogP contribution in [0.1, 0.15) is 6.42 Å². The third-order valence-corrected chi connectivity index (χ3v) is 3.20. The first-order valence-corrected chi connectivity index (χ1v) is 6.98. The summed E-state index contributed by atoms with van der Waals surface area (Å²) in [5.41, 5.74) is 0. The zero-order valence-electron chi connectivity index (χ0n) is 12.5. The maximum Gasteiger partial charge on any atom is 2.00 e. The number of ether oxygens (including phenoxy) is 3. The van der Waals surface area contributed by atoms with Crippen molar-refractivity contribution in [2.24, 2.45) is 0 Å². The van der Waals surface area contributed by atoms with Crippen molar-refractivity contribution in [2.75, 3.05) is 20.3 Å². The fourth-order valence-corrected chi connectivity index (χ4v) is 2.15. The fourth-order valence-electron chi connectivity index (χ4n) is 2.15. The minimum absolute atomic E-state index is 0. The molecule has 5 heteroatoms. The summed E-state index contributed by atoms with van der Waals surface area (Å²) in [6.07, 6.45) is 16.7. The Morgan fingerprint density at radius 1 is 1.18 bits per heavy atom. The number of carbonyl (C=O) groups excluding carboxylic acids is 1. The predicted molar refractivity (Wildman–Crippen MR) is 78.1 cm³/mol. The third kappa shape index (κ3) is 6.29. The molecule has 1 saturated heterocycles. The molecule has 0 bridgehead atoms. The predicted octanol–water partition coefficient (Wildman–Crippen LogP) is 1.76. The van der Waals surface area contributed by atoms with E-state index >= 15 is 0 Å². The molecule has 2 atom stereocenters. The van der Waals surface area contributed by atoms with Gasteiger partial charge in [-0.3, -0.25) is 0 Å². The van der Waals surface area contributed by atoms with Gasteiger partial charge in [0.2, 0.25) is 0 Å². The van der Waals surface area contributed by atoms with Gasteiger partial charge in [-0.1, -0.05) is 0 Å². The van der Waals surface area contributed by atoms with E-state index in [1.165, 1.54) is 0 Å². The Labute approximate surface area is 145 Å². The molecule has 0 aromatic carbocycles. The van der Waals surface area contributed by atoms with E-state index in [2.05, 4.69) is 0 Å². The van der Waals surface area contributed by atoms with Gasteiger partial charge < -0.3 is 19.0 Å². The van der Waals surface area contributed by atoms with Crippen LogP contribution in [0.5, 0.6) is 0 Å². The smallest absolute Gasteiger partial charge is 0.382 e. The second kappa shape index (κ2) is 11.6. The number of rotatable bonds is 4. The molecule has 10 radical (unpaired) electrons. The molecule has 0 amide bonds. The Bertz CT molecular complexity index is 287. The quantitative estimate of drug-likeness (QED) is 0.576. The van der Waals surface area contributed by atoms with E-state index in [9.17, 15) is 4.79 Å². The molecule has 1 heterocycles. The Balaban J connectivity index is 0.000000344. The van der Waals surface area contributed by atoms with Crippen LogP contribution in [-0.2, 0) is 36.1 Å². The van der Waals surface area contributed by atoms with E-state index in [4.69, 9.17) is 14.2 Å². The molecule has 118 valence electrons. The van der Waals surface area contributed by atoms with Crippen molar-refractivity contribution >= 4 is 6.29 Å². The van der Waals surface area contributed by atoms with Gasteiger partial charge in [0.05, 0.1) is 31.2 Å². The maximum absolute atomic E-state index is 10.8. The molecule has 0 unspecified atom stereocenters. The monoisotopic (exact) mass is 344 g/mol. The van der Waals surface area contributed by atoms with Crippen molar-refractivity contribution < 1.29 is 36.1 Å². The second-order valence-electron chi connectivity index (χ2n) is 4.72. The first-order valence-electron chi connectivity index (χ1n) is 6.98. The van der Waals surface area contributed by atoms with E-state index < -0.39 is 6.29 Å². The van der Waals surface area contributed by atoms with Crippen LogP contribution in [0.2, 0.25) is 0 Å². The van der Waals surface area contributed by atoms with Gasteiger partial charge >= 0.3 is 17.1 Å². The zero-order chi connectivity index (χ0) is 14.9. The summed E-state index contributed by atoms with van der Waals surface area (Å²) in [6.45, 7) is 1.18. The first kappa shape index (κ1) is 20.1. The summed E-state index contributed by atoms with van der Waals surface area (Å²) in [5, 5.41) is 0. The number of methoxy groups -OCH3 is 1. The van der Waals surface area contributed by atoms with Gasteiger partial charge in [0.25, 0.3) is 0 Å². The van der Waals surface area contributed by atoms with Gasteiger partial charge in [0.15, 0.2) is 6.29 Å². The molecule has 4 nitrogen and oxygen atoms in total. The standard InChI is InChI=1S/C12H15O4.C5H5.Fe/c1-14-8-10-5-6-15-12(16-10)11-4-2-3-9(11)7-13;1-2-4-5-3-1;/h2-4,7,10,12H,5-6,8H2,1H3;1-5H;/q;;+2/t10-,12-;;/m0../s1. The summed E-state index contributed by atoms with van der Waals surface area (Å²) in [4.78, 5) is 10.8. The van der Waals surface area contributed by atoms with Crippen molar-refractivity contribution in [1.82, 2.24) is 0 Å². The topological polar surface area (TPSA) is 44.8 Å². The SMILES string of the molecule is COC[C@@H]1CCO[C@H]([C]2[CH][CH][CH][C]2C=O)O1.[CH]1[CH][CH][CH][CH]1.[Fe+2]. The van der Waals surface area contributed by atoms with Gasteiger partial charge in [0.1, 0.15) is 6.29 Å². The van der Waals surface area contributed by atoms with Gasteiger partial charge in [-0.05, 0) is 57.8 Å². The van der Waals surface area contributed by atoms with E-state index in [1.807, 2.05) is 44.9 Å². The molecule has 1 aliphatic heterocycles. The van der Waals surface area contributed by atoms with Crippen molar-refractivity contribution in [3.05, 3.63) is 63.2 Å². The largest absolute Gasteiger partial charge is 2.00 e. The molecule has 2 saturated carbocycles. The molecular formula is C17H20FeO4+2. The van der Waals surface area contributed by atoms with Crippen LogP contribution in [0, 0.1) is 63.2 Å². The van der Waals surface area contributed by atoms with Crippen molar-refractivity contribution in [3.63, 3.8) is 0 Å². The molecule has 3 aliphatic rings. The average molecular weight is 344 g/mol. The van der Waals surface area contributed by atoms with Crippen LogP contribution >= 0.6 is 0 Å². The van der Waals surface area contributed by atoms with E-state index in [1.54, 1.807) is 13.5 Å². The van der Waals surface area contributed by atoms with Crippen molar-refractivity contribution in [1.29, 1.82) is 0 Å².